The maximum atomic E-state index is 12.6. The summed E-state index contributed by atoms with van der Waals surface area (Å²) in [4.78, 5) is 37.0. The van der Waals surface area contributed by atoms with Gasteiger partial charge in [-0.3, -0.25) is 14.1 Å². The first kappa shape index (κ1) is 21.0. The Balaban J connectivity index is 1.63. The molecule has 0 unspecified atom stereocenters. The highest BCUT2D eigenvalue weighted by Crippen LogP contribution is 2.31. The van der Waals surface area contributed by atoms with Crippen LogP contribution in [0.4, 0.5) is 10.5 Å². The van der Waals surface area contributed by atoms with Gasteiger partial charge >= 0.3 is 22.4 Å². The standard InChI is InChI=1S/C16H20N4O8S/c17-12(15(22)23)7-9-1-3-10(4-2-9)18-14(21)13-6-5-11-8-19(13)16(24)20(11)28-29(25,26)27/h1-4,11-13H,5-8,17H2,(H,18,21)(H,22,23)(H,25,26,27)/t11-,12+,13+/m1/s1. The number of benzene rings is 1. The van der Waals surface area contributed by atoms with E-state index in [9.17, 15) is 22.8 Å². The first-order valence-corrected chi connectivity index (χ1v) is 10.1. The predicted octanol–water partition coefficient (Wildman–Crippen LogP) is -0.417. The highest BCUT2D eigenvalue weighted by Gasteiger charge is 2.49. The molecule has 2 aliphatic heterocycles. The average molecular weight is 428 g/mol. The summed E-state index contributed by atoms with van der Waals surface area (Å²) in [7, 11) is -4.85. The number of nitrogens with two attached hydrogens (primary N) is 1. The number of hydroxylamine groups is 2. The number of carboxylic acid groups (broad SMARTS) is 1. The fraction of sp³-hybridized carbons (Fsp3) is 0.438. The molecule has 2 saturated heterocycles. The van der Waals surface area contributed by atoms with E-state index in [0.29, 0.717) is 29.2 Å². The lowest BCUT2D eigenvalue weighted by atomic mass is 10.00. The summed E-state index contributed by atoms with van der Waals surface area (Å²) < 4.78 is 35.0. The lowest BCUT2D eigenvalue weighted by Gasteiger charge is -2.29. The third-order valence-electron chi connectivity index (χ3n) is 4.79. The molecule has 0 spiro atoms. The number of nitrogens with one attached hydrogen (secondary N) is 1. The van der Waals surface area contributed by atoms with Gasteiger partial charge in [0.15, 0.2) is 0 Å². The van der Waals surface area contributed by atoms with Crippen molar-refractivity contribution >= 4 is 34.0 Å². The minimum Gasteiger partial charge on any atom is -0.480 e. The van der Waals surface area contributed by atoms with E-state index in [4.69, 9.17) is 15.4 Å². The Kier molecular flexibility index (Phi) is 5.75. The van der Waals surface area contributed by atoms with Gasteiger partial charge in [-0.2, -0.15) is 13.5 Å². The zero-order valence-electron chi connectivity index (χ0n) is 15.1. The fourth-order valence-corrected chi connectivity index (χ4v) is 3.78. The molecular weight excluding hydrogens is 408 g/mol. The number of amides is 3. The van der Waals surface area contributed by atoms with Gasteiger partial charge < -0.3 is 21.1 Å². The molecule has 158 valence electrons. The summed E-state index contributed by atoms with van der Waals surface area (Å²) in [6, 6.07) is 3.21. The van der Waals surface area contributed by atoms with Gasteiger partial charge in [-0.05, 0) is 37.0 Å². The molecule has 1 aromatic carbocycles. The number of piperidine rings is 1. The van der Waals surface area contributed by atoms with Crippen LogP contribution >= 0.6 is 0 Å². The van der Waals surface area contributed by atoms with Gasteiger partial charge in [-0.15, -0.1) is 4.28 Å². The normalized spacial score (nSPS) is 22.5. The molecule has 5 N–H and O–H groups in total. The molecular formula is C16H20N4O8S. The van der Waals surface area contributed by atoms with Crippen LogP contribution in [0.25, 0.3) is 0 Å². The number of hydrogen-bond acceptors (Lipinski definition) is 7. The molecule has 2 bridgehead atoms. The van der Waals surface area contributed by atoms with Gasteiger partial charge in [0.1, 0.15) is 12.1 Å². The number of fused-ring (bicyclic) bond motifs is 2. The number of carbonyl (C=O) groups excluding carboxylic acids is 2. The molecule has 3 atom stereocenters. The molecule has 0 radical (unpaired) electrons. The topological polar surface area (TPSA) is 180 Å². The van der Waals surface area contributed by atoms with Gasteiger partial charge in [-0.25, -0.2) is 4.79 Å². The molecule has 2 heterocycles. The number of urea groups is 1. The SMILES string of the molecule is N[C@@H](Cc1ccc(NC(=O)[C@@H]2CC[C@@H]3CN2C(=O)N3OS(=O)(=O)O)cc1)C(=O)O. The Morgan fingerprint density at radius 2 is 1.93 bits per heavy atom. The van der Waals surface area contributed by atoms with Crippen molar-refractivity contribution in [3.8, 4) is 0 Å². The summed E-state index contributed by atoms with van der Waals surface area (Å²) in [5.74, 6) is -1.57. The van der Waals surface area contributed by atoms with Crippen LogP contribution in [0.2, 0.25) is 0 Å². The van der Waals surface area contributed by atoms with E-state index in [1.165, 1.54) is 4.90 Å². The summed E-state index contributed by atoms with van der Waals surface area (Å²) in [6.07, 6.45) is 0.750. The monoisotopic (exact) mass is 428 g/mol. The van der Waals surface area contributed by atoms with Crippen molar-refractivity contribution in [3.63, 3.8) is 0 Å². The number of aliphatic carboxylic acids is 1. The van der Waals surface area contributed by atoms with E-state index >= 15 is 0 Å². The van der Waals surface area contributed by atoms with Crippen LogP contribution in [0.1, 0.15) is 18.4 Å². The second-order valence-corrected chi connectivity index (χ2v) is 7.85. The number of carbonyl (C=O) groups is 3. The minimum atomic E-state index is -4.85. The number of nitrogens with zero attached hydrogens (tertiary/aromatic N) is 2. The van der Waals surface area contributed by atoms with Crippen LogP contribution < -0.4 is 11.1 Å². The first-order chi connectivity index (χ1) is 13.5. The lowest BCUT2D eigenvalue weighted by molar-refractivity contribution is -0.138. The Labute approximate surface area is 166 Å². The quantitative estimate of drug-likeness (QED) is 0.420. The van der Waals surface area contributed by atoms with E-state index in [1.54, 1.807) is 24.3 Å². The maximum absolute atomic E-state index is 12.6. The van der Waals surface area contributed by atoms with Crippen LogP contribution in [0.5, 0.6) is 0 Å². The molecule has 13 heteroatoms. The summed E-state index contributed by atoms with van der Waals surface area (Å²) in [6.45, 7) is 0.0957. The summed E-state index contributed by atoms with van der Waals surface area (Å²) >= 11 is 0. The Bertz CT molecular complexity index is 919. The predicted molar refractivity (Wildman–Crippen MR) is 97.8 cm³/mol. The van der Waals surface area contributed by atoms with Crippen molar-refractivity contribution in [2.24, 2.45) is 5.73 Å². The number of rotatable bonds is 7. The highest BCUT2D eigenvalue weighted by molar-refractivity contribution is 7.80. The smallest absolute Gasteiger partial charge is 0.418 e. The van der Waals surface area contributed by atoms with E-state index < -0.39 is 46.4 Å². The van der Waals surface area contributed by atoms with Crippen LogP contribution in [0, 0.1) is 0 Å². The fourth-order valence-electron chi connectivity index (χ4n) is 3.40. The molecule has 2 aliphatic rings. The van der Waals surface area contributed by atoms with E-state index in [-0.39, 0.29) is 13.0 Å². The van der Waals surface area contributed by atoms with Crippen LogP contribution in [-0.4, -0.2) is 70.6 Å². The zero-order valence-corrected chi connectivity index (χ0v) is 15.9. The Hall–Kier alpha value is -2.74. The molecule has 29 heavy (non-hydrogen) atoms. The largest absolute Gasteiger partial charge is 0.480 e. The van der Waals surface area contributed by atoms with E-state index in [1.807, 2.05) is 0 Å². The summed E-state index contributed by atoms with van der Waals surface area (Å²) in [5, 5.41) is 12.1. The van der Waals surface area contributed by atoms with Crippen molar-refractivity contribution in [3.05, 3.63) is 29.8 Å². The van der Waals surface area contributed by atoms with Crippen LogP contribution in [-0.2, 0) is 30.7 Å². The zero-order chi connectivity index (χ0) is 21.3. The molecule has 1 aromatic rings. The third-order valence-corrected chi connectivity index (χ3v) is 5.14. The van der Waals surface area contributed by atoms with Gasteiger partial charge in [0.05, 0.1) is 6.04 Å². The van der Waals surface area contributed by atoms with Gasteiger partial charge in [0.2, 0.25) is 5.91 Å². The number of carboxylic acids is 1. The van der Waals surface area contributed by atoms with Gasteiger partial charge in [0.25, 0.3) is 0 Å². The van der Waals surface area contributed by atoms with E-state index in [2.05, 4.69) is 9.60 Å². The van der Waals surface area contributed by atoms with Gasteiger partial charge in [-0.1, -0.05) is 12.1 Å². The lowest BCUT2D eigenvalue weighted by Crippen LogP contribution is -2.47. The van der Waals surface area contributed by atoms with Crippen molar-refractivity contribution in [2.45, 2.75) is 37.4 Å². The van der Waals surface area contributed by atoms with Crippen molar-refractivity contribution in [1.29, 1.82) is 0 Å². The molecule has 3 amide bonds. The maximum Gasteiger partial charge on any atom is 0.418 e. The molecule has 3 rings (SSSR count). The number of hydrogen-bond donors (Lipinski definition) is 4. The van der Waals surface area contributed by atoms with Crippen molar-refractivity contribution < 1.29 is 36.7 Å². The Morgan fingerprint density at radius 3 is 2.52 bits per heavy atom. The second kappa shape index (κ2) is 7.94. The molecule has 2 fully saturated rings. The number of anilines is 1. The average Bonchev–Trinajstić information content (AvgIpc) is 2.86. The minimum absolute atomic E-state index is 0.0957. The van der Waals surface area contributed by atoms with E-state index in [0.717, 1.165) is 0 Å². The molecule has 0 aliphatic carbocycles. The van der Waals surface area contributed by atoms with Crippen molar-refractivity contribution in [2.75, 3.05) is 11.9 Å². The first-order valence-electron chi connectivity index (χ1n) is 8.70. The van der Waals surface area contributed by atoms with Gasteiger partial charge in [0, 0.05) is 12.2 Å². The van der Waals surface area contributed by atoms with Crippen molar-refractivity contribution in [1.82, 2.24) is 9.96 Å². The second-order valence-electron chi connectivity index (χ2n) is 6.84. The third kappa shape index (κ3) is 4.82. The Morgan fingerprint density at radius 1 is 1.28 bits per heavy atom. The highest BCUT2D eigenvalue weighted by atomic mass is 32.3. The molecule has 0 saturated carbocycles. The summed E-state index contributed by atoms with van der Waals surface area (Å²) in [5.41, 5.74) is 6.62. The van der Waals surface area contributed by atoms with Crippen LogP contribution in [0.3, 0.4) is 0 Å². The molecule has 0 aromatic heterocycles. The van der Waals surface area contributed by atoms with Crippen LogP contribution in [0.15, 0.2) is 24.3 Å². The molecule has 12 nitrogen and oxygen atoms in total.